The molecule has 144 valence electrons. The van der Waals surface area contributed by atoms with Gasteiger partial charge in [-0.15, -0.1) is 0 Å². The molecule has 3 rings (SSSR count). The molecule has 0 aromatic carbocycles. The van der Waals surface area contributed by atoms with Crippen molar-refractivity contribution in [3.63, 3.8) is 0 Å². The van der Waals surface area contributed by atoms with Gasteiger partial charge in [0.2, 0.25) is 11.9 Å². The molecule has 27 heavy (non-hydrogen) atoms. The van der Waals surface area contributed by atoms with Crippen LogP contribution in [0.4, 0.5) is 24.8 Å². The Morgan fingerprint density at radius 2 is 1.93 bits per heavy atom. The van der Waals surface area contributed by atoms with Crippen LogP contribution in [0.3, 0.4) is 0 Å². The normalized spacial score (nSPS) is 17.7. The number of carbonyl (C=O) groups is 1. The molecule has 1 aliphatic rings. The monoisotopic (exact) mass is 379 g/mol. The highest BCUT2D eigenvalue weighted by Crippen LogP contribution is 2.28. The third-order valence-corrected chi connectivity index (χ3v) is 4.37. The summed E-state index contributed by atoms with van der Waals surface area (Å²) in [5, 5.41) is 2.65. The van der Waals surface area contributed by atoms with Crippen LogP contribution in [0.15, 0.2) is 24.4 Å². The van der Waals surface area contributed by atoms with Crippen LogP contribution in [0.2, 0.25) is 0 Å². The van der Waals surface area contributed by atoms with Crippen molar-refractivity contribution in [3.05, 3.63) is 41.5 Å². The molecule has 0 saturated carbocycles. The first-order valence-corrected chi connectivity index (χ1v) is 8.64. The van der Waals surface area contributed by atoms with Crippen LogP contribution in [0, 0.1) is 19.8 Å². The van der Waals surface area contributed by atoms with E-state index in [0.29, 0.717) is 18.9 Å². The van der Waals surface area contributed by atoms with Crippen molar-refractivity contribution in [1.29, 1.82) is 0 Å². The number of rotatable bonds is 3. The quantitative estimate of drug-likeness (QED) is 0.886. The van der Waals surface area contributed by atoms with E-state index in [2.05, 4.69) is 20.3 Å². The Kier molecular flexibility index (Phi) is 5.29. The first-order valence-electron chi connectivity index (χ1n) is 8.64. The van der Waals surface area contributed by atoms with Gasteiger partial charge in [0.1, 0.15) is 5.69 Å². The summed E-state index contributed by atoms with van der Waals surface area (Å²) in [5.41, 5.74) is 0.976. The second kappa shape index (κ2) is 7.50. The number of anilines is 2. The molecular formula is C18H20F3N5O. The van der Waals surface area contributed by atoms with Crippen LogP contribution >= 0.6 is 0 Å². The second-order valence-electron chi connectivity index (χ2n) is 6.65. The summed E-state index contributed by atoms with van der Waals surface area (Å²) in [6, 6.07) is 3.95. The van der Waals surface area contributed by atoms with Gasteiger partial charge in [-0.1, -0.05) is 0 Å². The Balaban J connectivity index is 1.66. The van der Waals surface area contributed by atoms with Crippen molar-refractivity contribution in [2.24, 2.45) is 5.92 Å². The molecule has 0 spiro atoms. The number of hydrogen-bond donors (Lipinski definition) is 1. The predicted molar refractivity (Wildman–Crippen MR) is 94.3 cm³/mol. The molecule has 2 aromatic heterocycles. The van der Waals surface area contributed by atoms with E-state index < -0.39 is 11.9 Å². The maximum atomic E-state index is 12.6. The van der Waals surface area contributed by atoms with Crippen molar-refractivity contribution in [2.45, 2.75) is 32.9 Å². The van der Waals surface area contributed by atoms with Crippen molar-refractivity contribution in [2.75, 3.05) is 23.3 Å². The lowest BCUT2D eigenvalue weighted by atomic mass is 9.97. The average molecular weight is 379 g/mol. The minimum atomic E-state index is -4.50. The molecule has 0 radical (unpaired) electrons. The summed E-state index contributed by atoms with van der Waals surface area (Å²) in [6.07, 6.45) is -1.98. The minimum Gasteiger partial charge on any atom is -0.340 e. The number of alkyl halides is 3. The summed E-state index contributed by atoms with van der Waals surface area (Å²) < 4.78 is 37.7. The lowest BCUT2D eigenvalue weighted by molar-refractivity contribution is -0.141. The zero-order chi connectivity index (χ0) is 19.6. The number of hydrogen-bond acceptors (Lipinski definition) is 5. The van der Waals surface area contributed by atoms with Gasteiger partial charge in [-0.25, -0.2) is 15.0 Å². The van der Waals surface area contributed by atoms with E-state index in [-0.39, 0.29) is 17.5 Å². The van der Waals surface area contributed by atoms with E-state index in [1.165, 1.54) is 6.07 Å². The standard InChI is InChI=1S/C18H20F3N5O/c1-11-8-12(2)24-17(23-11)26-7-3-4-13(10-26)16(27)25-14-5-6-15(22-9-14)18(19,20)21/h5-6,8-9,13H,3-4,7,10H2,1-2H3,(H,25,27). The molecule has 1 unspecified atom stereocenters. The summed E-state index contributed by atoms with van der Waals surface area (Å²) >= 11 is 0. The summed E-state index contributed by atoms with van der Waals surface area (Å²) in [7, 11) is 0. The van der Waals surface area contributed by atoms with Gasteiger partial charge in [0.25, 0.3) is 0 Å². The summed E-state index contributed by atoms with van der Waals surface area (Å²) in [6.45, 7) is 5.01. The lowest BCUT2D eigenvalue weighted by Gasteiger charge is -2.32. The van der Waals surface area contributed by atoms with E-state index in [1.807, 2.05) is 24.8 Å². The Hall–Kier alpha value is -2.71. The van der Waals surface area contributed by atoms with Gasteiger partial charge in [0.05, 0.1) is 17.8 Å². The van der Waals surface area contributed by atoms with Crippen LogP contribution in [0.1, 0.15) is 29.9 Å². The molecule has 1 amide bonds. The number of pyridine rings is 1. The number of aromatic nitrogens is 3. The van der Waals surface area contributed by atoms with Gasteiger partial charge in [-0.05, 0) is 44.9 Å². The van der Waals surface area contributed by atoms with E-state index in [4.69, 9.17) is 0 Å². The molecule has 6 nitrogen and oxygen atoms in total. The number of aryl methyl sites for hydroxylation is 2. The van der Waals surface area contributed by atoms with Crippen molar-refractivity contribution in [3.8, 4) is 0 Å². The fourth-order valence-corrected chi connectivity index (χ4v) is 3.10. The SMILES string of the molecule is Cc1cc(C)nc(N2CCCC(C(=O)Nc3ccc(C(F)(F)F)nc3)C2)n1. The van der Waals surface area contributed by atoms with Crippen LogP contribution in [0.25, 0.3) is 0 Å². The highest BCUT2D eigenvalue weighted by atomic mass is 19.4. The molecule has 2 aromatic rings. The predicted octanol–water partition coefficient (Wildman–Crippen LogP) is 3.36. The number of nitrogens with zero attached hydrogens (tertiary/aromatic N) is 4. The number of nitrogens with one attached hydrogen (secondary N) is 1. The zero-order valence-electron chi connectivity index (χ0n) is 15.0. The molecule has 1 fully saturated rings. The van der Waals surface area contributed by atoms with E-state index in [9.17, 15) is 18.0 Å². The van der Waals surface area contributed by atoms with Crippen LogP contribution in [-0.2, 0) is 11.0 Å². The highest BCUT2D eigenvalue weighted by Gasteiger charge is 2.32. The van der Waals surface area contributed by atoms with Gasteiger partial charge in [-0.3, -0.25) is 4.79 Å². The van der Waals surface area contributed by atoms with Crippen LogP contribution < -0.4 is 10.2 Å². The number of halogens is 3. The fourth-order valence-electron chi connectivity index (χ4n) is 3.10. The van der Waals surface area contributed by atoms with Crippen LogP contribution in [0.5, 0.6) is 0 Å². The molecule has 0 aliphatic carbocycles. The second-order valence-corrected chi connectivity index (χ2v) is 6.65. The lowest BCUT2D eigenvalue weighted by Crippen LogP contribution is -2.41. The van der Waals surface area contributed by atoms with Gasteiger partial charge < -0.3 is 10.2 Å². The Bertz CT molecular complexity index is 802. The first kappa shape index (κ1) is 19.1. The maximum absolute atomic E-state index is 12.6. The Labute approximate surface area is 154 Å². The smallest absolute Gasteiger partial charge is 0.340 e. The largest absolute Gasteiger partial charge is 0.433 e. The van der Waals surface area contributed by atoms with Gasteiger partial charge in [0.15, 0.2) is 0 Å². The molecule has 1 N–H and O–H groups in total. The Morgan fingerprint density at radius 1 is 1.22 bits per heavy atom. The van der Waals surface area contributed by atoms with E-state index in [1.54, 1.807) is 0 Å². The number of amides is 1. The summed E-state index contributed by atoms with van der Waals surface area (Å²) in [5.74, 6) is 0.0530. The summed E-state index contributed by atoms with van der Waals surface area (Å²) in [4.78, 5) is 26.7. The third-order valence-electron chi connectivity index (χ3n) is 4.37. The molecule has 9 heteroatoms. The molecule has 0 bridgehead atoms. The van der Waals surface area contributed by atoms with Gasteiger partial charge in [0, 0.05) is 24.5 Å². The van der Waals surface area contributed by atoms with Crippen molar-refractivity contribution >= 4 is 17.5 Å². The van der Waals surface area contributed by atoms with Gasteiger partial charge in [-0.2, -0.15) is 13.2 Å². The van der Waals surface area contributed by atoms with Crippen molar-refractivity contribution in [1.82, 2.24) is 15.0 Å². The molecule has 1 saturated heterocycles. The topological polar surface area (TPSA) is 71.0 Å². The molecule has 1 atom stereocenters. The van der Waals surface area contributed by atoms with Gasteiger partial charge >= 0.3 is 6.18 Å². The average Bonchev–Trinajstić information content (AvgIpc) is 2.61. The van der Waals surface area contributed by atoms with Crippen molar-refractivity contribution < 1.29 is 18.0 Å². The first-order chi connectivity index (χ1) is 12.7. The number of piperidine rings is 1. The fraction of sp³-hybridized carbons (Fsp3) is 0.444. The molecule has 3 heterocycles. The van der Waals surface area contributed by atoms with E-state index in [0.717, 1.165) is 36.6 Å². The van der Waals surface area contributed by atoms with E-state index >= 15 is 0 Å². The molecular weight excluding hydrogens is 359 g/mol. The third kappa shape index (κ3) is 4.72. The maximum Gasteiger partial charge on any atom is 0.433 e. The number of carbonyl (C=O) groups excluding carboxylic acids is 1. The molecule has 1 aliphatic heterocycles. The highest BCUT2D eigenvalue weighted by molar-refractivity contribution is 5.92. The minimum absolute atomic E-state index is 0.243. The zero-order valence-corrected chi connectivity index (χ0v) is 15.0. The Morgan fingerprint density at radius 3 is 2.52 bits per heavy atom. The van der Waals surface area contributed by atoms with Crippen LogP contribution in [-0.4, -0.2) is 33.9 Å².